The third-order valence-corrected chi connectivity index (χ3v) is 6.96. The number of aryl methyl sites for hydroxylation is 1. The third-order valence-electron chi connectivity index (χ3n) is 6.24. The molecule has 146 valence electrons. The fourth-order valence-corrected chi connectivity index (χ4v) is 5.04. The number of benzene rings is 1. The van der Waals surface area contributed by atoms with Gasteiger partial charge in [0.15, 0.2) is 0 Å². The second-order valence-corrected chi connectivity index (χ2v) is 8.79. The van der Waals surface area contributed by atoms with E-state index in [-0.39, 0.29) is 30.5 Å². The summed E-state index contributed by atoms with van der Waals surface area (Å²) in [6.07, 6.45) is 4.46. The monoisotopic (exact) mass is 410 g/mol. The number of aliphatic hydroxyl groups is 1. The van der Waals surface area contributed by atoms with Gasteiger partial charge >= 0.3 is 0 Å². The van der Waals surface area contributed by atoms with E-state index in [0.29, 0.717) is 34.5 Å². The summed E-state index contributed by atoms with van der Waals surface area (Å²) in [7, 11) is 0. The Kier molecular flexibility index (Phi) is 5.12. The molecule has 0 radical (unpaired) electrons. The van der Waals surface area contributed by atoms with Gasteiger partial charge in [0.05, 0.1) is 22.7 Å². The average Bonchev–Trinajstić information content (AvgIpc) is 3.33. The molecule has 4 rings (SSSR count). The standard InChI is InChI=1S/C20H24Cl2N2O3/c1-11-6-15(21)16(22)9-14(11)19(26)24-17-7-12(17)8-18(24)20(27)23-5-3-2-4-13(23)10-25/h6,9,12-13,17-18,25H,2-5,7-8,10H2,1H3/t12-,13+,17-,18-/m0/s1. The van der Waals surface area contributed by atoms with Crippen molar-refractivity contribution in [1.82, 2.24) is 9.80 Å². The lowest BCUT2D eigenvalue weighted by Crippen LogP contribution is -2.54. The molecule has 0 spiro atoms. The zero-order valence-corrected chi connectivity index (χ0v) is 16.8. The number of hydrogen-bond acceptors (Lipinski definition) is 3. The molecule has 4 atom stereocenters. The normalized spacial score (nSPS) is 29.6. The summed E-state index contributed by atoms with van der Waals surface area (Å²) >= 11 is 12.2. The van der Waals surface area contributed by atoms with Crippen LogP contribution in [0.25, 0.3) is 0 Å². The highest BCUT2D eigenvalue weighted by Gasteiger charge is 2.57. The first-order chi connectivity index (χ1) is 12.9. The van der Waals surface area contributed by atoms with Crippen LogP contribution in [-0.4, -0.2) is 58.0 Å². The first-order valence-corrected chi connectivity index (χ1v) is 10.4. The van der Waals surface area contributed by atoms with E-state index < -0.39 is 6.04 Å². The van der Waals surface area contributed by atoms with Gasteiger partial charge in [-0.2, -0.15) is 0 Å². The van der Waals surface area contributed by atoms with Gasteiger partial charge in [0.25, 0.3) is 5.91 Å². The van der Waals surface area contributed by atoms with E-state index in [1.165, 1.54) is 0 Å². The number of rotatable bonds is 3. The van der Waals surface area contributed by atoms with Crippen molar-refractivity contribution in [2.24, 2.45) is 5.92 Å². The number of halogens is 2. The van der Waals surface area contributed by atoms with Crippen LogP contribution in [0, 0.1) is 12.8 Å². The van der Waals surface area contributed by atoms with Crippen LogP contribution in [0.15, 0.2) is 12.1 Å². The Balaban J connectivity index is 1.60. The molecule has 5 nitrogen and oxygen atoms in total. The van der Waals surface area contributed by atoms with Crippen molar-refractivity contribution < 1.29 is 14.7 Å². The van der Waals surface area contributed by atoms with Gasteiger partial charge in [0, 0.05) is 18.2 Å². The van der Waals surface area contributed by atoms with Crippen LogP contribution in [0.1, 0.15) is 48.0 Å². The fourth-order valence-electron chi connectivity index (χ4n) is 4.66. The van der Waals surface area contributed by atoms with Gasteiger partial charge in [0.1, 0.15) is 6.04 Å². The predicted octanol–water partition coefficient (Wildman–Crippen LogP) is 3.28. The van der Waals surface area contributed by atoms with E-state index in [4.69, 9.17) is 23.2 Å². The van der Waals surface area contributed by atoms with E-state index in [2.05, 4.69) is 0 Å². The molecule has 2 heterocycles. The molecule has 3 fully saturated rings. The quantitative estimate of drug-likeness (QED) is 0.831. The molecule has 2 saturated heterocycles. The van der Waals surface area contributed by atoms with E-state index >= 15 is 0 Å². The van der Waals surface area contributed by atoms with Crippen molar-refractivity contribution >= 4 is 35.0 Å². The van der Waals surface area contributed by atoms with Gasteiger partial charge in [-0.3, -0.25) is 9.59 Å². The number of piperidine rings is 2. The Hall–Kier alpha value is -1.30. The van der Waals surface area contributed by atoms with Crippen molar-refractivity contribution in [3.63, 3.8) is 0 Å². The highest BCUT2D eigenvalue weighted by atomic mass is 35.5. The van der Waals surface area contributed by atoms with Crippen LogP contribution in [0.4, 0.5) is 0 Å². The van der Waals surface area contributed by atoms with Crippen LogP contribution in [0.5, 0.6) is 0 Å². The fraction of sp³-hybridized carbons (Fsp3) is 0.600. The van der Waals surface area contributed by atoms with E-state index in [1.54, 1.807) is 21.9 Å². The molecule has 1 aliphatic carbocycles. The molecule has 2 aliphatic heterocycles. The van der Waals surface area contributed by atoms with Crippen molar-refractivity contribution in [2.45, 2.75) is 57.2 Å². The van der Waals surface area contributed by atoms with Gasteiger partial charge in [-0.05, 0) is 62.6 Å². The van der Waals surface area contributed by atoms with Gasteiger partial charge < -0.3 is 14.9 Å². The number of hydrogen-bond donors (Lipinski definition) is 1. The number of amides is 2. The molecule has 1 N–H and O–H groups in total. The second kappa shape index (κ2) is 7.26. The van der Waals surface area contributed by atoms with E-state index in [9.17, 15) is 14.7 Å². The highest BCUT2D eigenvalue weighted by molar-refractivity contribution is 6.42. The number of carbonyl (C=O) groups excluding carboxylic acids is 2. The minimum atomic E-state index is -0.442. The van der Waals surface area contributed by atoms with Crippen molar-refractivity contribution in [1.29, 1.82) is 0 Å². The highest BCUT2D eigenvalue weighted by Crippen LogP contribution is 2.49. The van der Waals surface area contributed by atoms with E-state index in [1.807, 2.05) is 6.92 Å². The maximum atomic E-state index is 13.3. The first-order valence-electron chi connectivity index (χ1n) is 9.62. The number of carbonyl (C=O) groups is 2. The molecule has 27 heavy (non-hydrogen) atoms. The Morgan fingerprint density at radius 2 is 1.93 bits per heavy atom. The van der Waals surface area contributed by atoms with Gasteiger partial charge in [-0.1, -0.05) is 23.2 Å². The molecule has 0 aromatic heterocycles. The number of aliphatic hydroxyl groups excluding tert-OH is 1. The number of fused-ring (bicyclic) bond motifs is 1. The first kappa shape index (κ1) is 19.0. The van der Waals surface area contributed by atoms with E-state index in [0.717, 1.165) is 31.2 Å². The predicted molar refractivity (Wildman–Crippen MR) is 104 cm³/mol. The smallest absolute Gasteiger partial charge is 0.255 e. The molecule has 0 unspecified atom stereocenters. The minimum Gasteiger partial charge on any atom is -0.394 e. The maximum absolute atomic E-state index is 13.3. The molecule has 1 aromatic rings. The molecular formula is C20H24Cl2N2O3. The summed E-state index contributed by atoms with van der Waals surface area (Å²) in [6, 6.07) is 2.86. The summed E-state index contributed by atoms with van der Waals surface area (Å²) in [5.74, 6) is 0.238. The molecule has 0 bridgehead atoms. The Morgan fingerprint density at radius 1 is 1.19 bits per heavy atom. The summed E-state index contributed by atoms with van der Waals surface area (Å²) in [5.41, 5.74) is 1.27. The number of likely N-dealkylation sites (tertiary alicyclic amines) is 2. The largest absolute Gasteiger partial charge is 0.394 e. The molecule has 7 heteroatoms. The SMILES string of the molecule is Cc1cc(Cl)c(Cl)cc1C(=O)N1[C@H](C(=O)N2CCCC[C@@H]2CO)C[C@@H]2C[C@@H]21. The van der Waals surface area contributed by atoms with Gasteiger partial charge in [-0.25, -0.2) is 0 Å². The average molecular weight is 411 g/mol. The Labute approximate surface area is 169 Å². The summed E-state index contributed by atoms with van der Waals surface area (Å²) in [6.45, 7) is 2.47. The minimum absolute atomic E-state index is 0.0213. The second-order valence-electron chi connectivity index (χ2n) is 7.97. The van der Waals surface area contributed by atoms with Crippen LogP contribution in [0.2, 0.25) is 10.0 Å². The third kappa shape index (κ3) is 3.34. The van der Waals surface area contributed by atoms with Crippen molar-refractivity contribution in [3.05, 3.63) is 33.3 Å². The molecule has 2 amide bonds. The summed E-state index contributed by atoms with van der Waals surface area (Å²) < 4.78 is 0. The molecule has 3 aliphatic rings. The Bertz CT molecular complexity index is 785. The zero-order chi connectivity index (χ0) is 19.3. The summed E-state index contributed by atoms with van der Waals surface area (Å²) in [5, 5.41) is 10.4. The molecule has 1 aromatic carbocycles. The topological polar surface area (TPSA) is 60.9 Å². The number of nitrogens with zero attached hydrogens (tertiary/aromatic N) is 2. The lowest BCUT2D eigenvalue weighted by atomic mass is 10.00. The van der Waals surface area contributed by atoms with Crippen LogP contribution >= 0.6 is 23.2 Å². The molecule has 1 saturated carbocycles. The van der Waals surface area contributed by atoms with Crippen molar-refractivity contribution in [3.8, 4) is 0 Å². The lowest BCUT2D eigenvalue weighted by Gasteiger charge is -2.38. The van der Waals surface area contributed by atoms with Crippen molar-refractivity contribution in [2.75, 3.05) is 13.2 Å². The van der Waals surface area contributed by atoms with Gasteiger partial charge in [-0.15, -0.1) is 0 Å². The lowest BCUT2D eigenvalue weighted by molar-refractivity contribution is -0.140. The zero-order valence-electron chi connectivity index (χ0n) is 15.3. The van der Waals surface area contributed by atoms with Crippen LogP contribution in [0.3, 0.4) is 0 Å². The van der Waals surface area contributed by atoms with Crippen LogP contribution in [-0.2, 0) is 4.79 Å². The van der Waals surface area contributed by atoms with Gasteiger partial charge in [0.2, 0.25) is 5.91 Å². The summed E-state index contributed by atoms with van der Waals surface area (Å²) in [4.78, 5) is 30.1. The molecular weight excluding hydrogens is 387 g/mol. The van der Waals surface area contributed by atoms with Crippen LogP contribution < -0.4 is 0 Å². The Morgan fingerprint density at radius 3 is 2.67 bits per heavy atom. The maximum Gasteiger partial charge on any atom is 0.255 e.